The van der Waals surface area contributed by atoms with E-state index in [0.717, 1.165) is 69.8 Å². The highest BCUT2D eigenvalue weighted by molar-refractivity contribution is 5.83. The standard InChI is InChI=1S/C30H41F3N4O4/c1-29(2,30(31,32)33)21-26(38)36-25(28(39)40)15-18-37(19-20-41-24-11-4-3-5-12-24)17-7-6-10-23-14-13-22-9-8-16-34-27(22)35-23/h3-5,11-14,25H,6-10,15-21H2,1-2H3,(H,34,35)(H,36,38)(H,39,40)/t25-/m0/s1. The summed E-state index contributed by atoms with van der Waals surface area (Å²) in [6, 6.07) is 12.2. The van der Waals surface area contributed by atoms with E-state index in [0.29, 0.717) is 26.2 Å². The minimum Gasteiger partial charge on any atom is -0.492 e. The SMILES string of the molecule is CC(C)(CC(=O)N[C@@H](CCN(CCCCc1ccc2c(n1)NCCC2)CCOc1ccccc1)C(=O)O)C(F)(F)F. The molecule has 0 radical (unpaired) electrons. The molecule has 11 heteroatoms. The van der Waals surface area contributed by atoms with Crippen LogP contribution in [0.1, 0.15) is 57.2 Å². The van der Waals surface area contributed by atoms with Gasteiger partial charge in [0.25, 0.3) is 0 Å². The Morgan fingerprint density at radius 2 is 1.85 bits per heavy atom. The Labute approximate surface area is 239 Å². The van der Waals surface area contributed by atoms with E-state index >= 15 is 0 Å². The van der Waals surface area contributed by atoms with Gasteiger partial charge >= 0.3 is 12.1 Å². The van der Waals surface area contributed by atoms with Gasteiger partial charge in [0.2, 0.25) is 5.91 Å². The first-order valence-corrected chi connectivity index (χ1v) is 14.2. The fraction of sp³-hybridized carbons (Fsp3) is 0.567. The lowest BCUT2D eigenvalue weighted by Gasteiger charge is -2.28. The normalized spacial score (nSPS) is 14.2. The number of carbonyl (C=O) groups is 2. The number of anilines is 1. The van der Waals surface area contributed by atoms with Gasteiger partial charge in [-0.3, -0.25) is 9.69 Å². The Hall–Kier alpha value is -3.34. The number of pyridine rings is 1. The number of fused-ring (bicyclic) bond motifs is 1. The van der Waals surface area contributed by atoms with Gasteiger partial charge in [-0.2, -0.15) is 13.2 Å². The zero-order valence-corrected chi connectivity index (χ0v) is 23.8. The number of aromatic nitrogens is 1. The molecule has 0 saturated heterocycles. The third-order valence-electron chi connectivity index (χ3n) is 7.27. The topological polar surface area (TPSA) is 104 Å². The smallest absolute Gasteiger partial charge is 0.394 e. The number of para-hydroxylation sites is 1. The molecule has 1 aromatic heterocycles. The van der Waals surface area contributed by atoms with Crippen molar-refractivity contribution < 1.29 is 32.6 Å². The number of rotatable bonds is 16. The molecular formula is C30H41F3N4O4. The summed E-state index contributed by atoms with van der Waals surface area (Å²) in [5.41, 5.74) is 0.00313. The van der Waals surface area contributed by atoms with Gasteiger partial charge in [0.1, 0.15) is 24.2 Å². The number of hydrogen-bond acceptors (Lipinski definition) is 6. The summed E-state index contributed by atoms with van der Waals surface area (Å²) in [5.74, 6) is -0.530. The molecule has 2 aromatic rings. The minimum atomic E-state index is -4.58. The first kappa shape index (κ1) is 32.2. The van der Waals surface area contributed by atoms with Gasteiger partial charge in [0.05, 0.1) is 5.41 Å². The first-order valence-electron chi connectivity index (χ1n) is 14.2. The van der Waals surface area contributed by atoms with Crippen molar-refractivity contribution in [1.29, 1.82) is 0 Å². The number of aliphatic carboxylic acids is 1. The van der Waals surface area contributed by atoms with E-state index in [4.69, 9.17) is 9.72 Å². The number of amides is 1. The average molecular weight is 579 g/mol. The number of hydrogen-bond donors (Lipinski definition) is 3. The van der Waals surface area contributed by atoms with Crippen molar-refractivity contribution >= 4 is 17.7 Å². The van der Waals surface area contributed by atoms with Crippen LogP contribution in [0.5, 0.6) is 5.75 Å². The summed E-state index contributed by atoms with van der Waals surface area (Å²) in [4.78, 5) is 30.9. The van der Waals surface area contributed by atoms with Crippen molar-refractivity contribution in [3.63, 3.8) is 0 Å². The quantitative estimate of drug-likeness (QED) is 0.239. The maximum atomic E-state index is 13.2. The molecule has 1 atom stereocenters. The molecule has 226 valence electrons. The molecule has 0 saturated carbocycles. The van der Waals surface area contributed by atoms with Crippen molar-refractivity contribution in [2.75, 3.05) is 38.1 Å². The highest BCUT2D eigenvalue weighted by Gasteiger charge is 2.48. The van der Waals surface area contributed by atoms with Gasteiger partial charge in [-0.1, -0.05) is 38.1 Å². The molecule has 41 heavy (non-hydrogen) atoms. The van der Waals surface area contributed by atoms with Crippen molar-refractivity contribution in [2.24, 2.45) is 5.41 Å². The third-order valence-corrected chi connectivity index (χ3v) is 7.27. The molecule has 0 unspecified atom stereocenters. The molecular weight excluding hydrogens is 537 g/mol. The summed E-state index contributed by atoms with van der Waals surface area (Å²) in [6.07, 6.45) is -0.702. The molecule has 8 nitrogen and oxygen atoms in total. The molecule has 1 aliphatic rings. The van der Waals surface area contributed by atoms with E-state index < -0.39 is 35.9 Å². The molecule has 1 aromatic carbocycles. The number of ether oxygens (including phenoxy) is 1. The van der Waals surface area contributed by atoms with E-state index in [2.05, 4.69) is 27.7 Å². The highest BCUT2D eigenvalue weighted by Crippen LogP contribution is 2.40. The van der Waals surface area contributed by atoms with E-state index in [-0.39, 0.29) is 6.42 Å². The number of nitrogens with zero attached hydrogens (tertiary/aromatic N) is 2. The van der Waals surface area contributed by atoms with Crippen LogP contribution in [0.3, 0.4) is 0 Å². The zero-order valence-electron chi connectivity index (χ0n) is 23.8. The Morgan fingerprint density at radius 1 is 1.10 bits per heavy atom. The maximum Gasteiger partial charge on any atom is 0.394 e. The number of carboxylic acids is 1. The van der Waals surface area contributed by atoms with Gasteiger partial charge in [-0.15, -0.1) is 0 Å². The molecule has 1 amide bonds. The van der Waals surface area contributed by atoms with Gasteiger partial charge < -0.3 is 20.5 Å². The van der Waals surface area contributed by atoms with Gasteiger partial charge in [0, 0.05) is 31.7 Å². The molecule has 0 bridgehead atoms. The lowest BCUT2D eigenvalue weighted by molar-refractivity contribution is -0.213. The van der Waals surface area contributed by atoms with Crippen molar-refractivity contribution in [3.8, 4) is 5.75 Å². The fourth-order valence-corrected chi connectivity index (χ4v) is 4.61. The van der Waals surface area contributed by atoms with E-state index in [9.17, 15) is 27.9 Å². The Morgan fingerprint density at radius 3 is 2.56 bits per heavy atom. The van der Waals surface area contributed by atoms with E-state index in [1.807, 2.05) is 30.3 Å². The van der Waals surface area contributed by atoms with E-state index in [1.54, 1.807) is 0 Å². The van der Waals surface area contributed by atoms with Crippen LogP contribution in [-0.4, -0.2) is 71.9 Å². The Bertz CT molecular complexity index is 1130. The summed E-state index contributed by atoms with van der Waals surface area (Å²) >= 11 is 0. The average Bonchev–Trinajstić information content (AvgIpc) is 2.92. The highest BCUT2D eigenvalue weighted by atomic mass is 19.4. The maximum absolute atomic E-state index is 13.2. The molecule has 3 rings (SSSR count). The monoisotopic (exact) mass is 578 g/mol. The second kappa shape index (κ2) is 15.0. The van der Waals surface area contributed by atoms with Crippen LogP contribution < -0.4 is 15.4 Å². The van der Waals surface area contributed by atoms with Crippen LogP contribution in [0.25, 0.3) is 0 Å². The zero-order chi connectivity index (χ0) is 29.9. The molecule has 0 spiro atoms. The van der Waals surface area contributed by atoms with Crippen LogP contribution >= 0.6 is 0 Å². The van der Waals surface area contributed by atoms with Gasteiger partial charge in [0.15, 0.2) is 0 Å². The summed E-state index contributed by atoms with van der Waals surface area (Å²) in [5, 5.41) is 15.3. The predicted molar refractivity (Wildman–Crippen MR) is 151 cm³/mol. The van der Waals surface area contributed by atoms with Crippen LogP contribution in [0.4, 0.5) is 19.0 Å². The number of unbranched alkanes of at least 4 members (excludes halogenated alkanes) is 1. The Balaban J connectivity index is 1.53. The van der Waals surface area contributed by atoms with Crippen molar-refractivity contribution in [2.45, 2.75) is 71.0 Å². The third kappa shape index (κ3) is 10.5. The van der Waals surface area contributed by atoms with Gasteiger partial charge in [-0.05, 0) is 68.8 Å². The number of halogens is 3. The number of carboxylic acid groups (broad SMARTS) is 1. The largest absolute Gasteiger partial charge is 0.492 e. The summed E-state index contributed by atoms with van der Waals surface area (Å²) < 4.78 is 45.4. The number of nitrogens with one attached hydrogen (secondary N) is 2. The fourth-order valence-electron chi connectivity index (χ4n) is 4.61. The molecule has 2 heterocycles. The number of alkyl halides is 3. The number of aryl methyl sites for hydroxylation is 2. The predicted octanol–water partition coefficient (Wildman–Crippen LogP) is 5.08. The summed E-state index contributed by atoms with van der Waals surface area (Å²) in [7, 11) is 0. The molecule has 0 aliphatic carbocycles. The second-order valence-electron chi connectivity index (χ2n) is 11.1. The first-order chi connectivity index (χ1) is 19.4. The summed E-state index contributed by atoms with van der Waals surface area (Å²) in [6.45, 7) is 4.69. The van der Waals surface area contributed by atoms with Crippen LogP contribution in [0.15, 0.2) is 42.5 Å². The molecule has 1 aliphatic heterocycles. The van der Waals surface area contributed by atoms with Crippen LogP contribution in [-0.2, 0) is 22.4 Å². The Kier molecular flexibility index (Phi) is 11.8. The van der Waals surface area contributed by atoms with Gasteiger partial charge in [-0.25, -0.2) is 9.78 Å². The second-order valence-corrected chi connectivity index (χ2v) is 11.1. The number of carbonyl (C=O) groups excluding carboxylic acids is 1. The van der Waals surface area contributed by atoms with Crippen LogP contribution in [0, 0.1) is 5.41 Å². The van der Waals surface area contributed by atoms with Crippen molar-refractivity contribution in [3.05, 3.63) is 53.7 Å². The lowest BCUT2D eigenvalue weighted by Crippen LogP contribution is -2.46. The van der Waals surface area contributed by atoms with Crippen molar-refractivity contribution in [1.82, 2.24) is 15.2 Å². The molecule has 3 N–H and O–H groups in total. The van der Waals surface area contributed by atoms with Crippen LogP contribution in [0.2, 0.25) is 0 Å². The molecule has 0 fully saturated rings. The lowest BCUT2D eigenvalue weighted by atomic mass is 9.88. The minimum absolute atomic E-state index is 0.0525. The number of benzene rings is 1. The van der Waals surface area contributed by atoms with E-state index in [1.165, 1.54) is 5.56 Å².